The summed E-state index contributed by atoms with van der Waals surface area (Å²) < 4.78 is 52.7. The van der Waals surface area contributed by atoms with Crippen LogP contribution in [0.5, 0.6) is 17.4 Å². The minimum Gasteiger partial charge on any atom is -0.476 e. The number of hydrogen-bond acceptors (Lipinski definition) is 6. The van der Waals surface area contributed by atoms with Crippen LogP contribution in [0.15, 0.2) is 24.4 Å². The Morgan fingerprint density at radius 2 is 1.84 bits per heavy atom. The molecular formula is C20H24Cl2FN3O5S. The lowest BCUT2D eigenvalue weighted by Crippen LogP contribution is -2.44. The Kier molecular flexibility index (Phi) is 8.69. The van der Waals surface area contributed by atoms with Crippen molar-refractivity contribution >= 4 is 39.3 Å². The lowest BCUT2D eigenvalue weighted by Gasteiger charge is -2.21. The third-order valence-electron chi connectivity index (χ3n) is 4.16. The van der Waals surface area contributed by atoms with Crippen LogP contribution < -0.4 is 14.2 Å². The summed E-state index contributed by atoms with van der Waals surface area (Å²) in [5, 5.41) is 0.0673. The number of pyridine rings is 1. The van der Waals surface area contributed by atoms with Gasteiger partial charge in [-0.2, -0.15) is 12.7 Å². The van der Waals surface area contributed by atoms with E-state index in [1.165, 1.54) is 19.3 Å². The maximum atomic E-state index is 14.6. The topological polar surface area (TPSA) is 97.8 Å². The number of amides is 1. The van der Waals surface area contributed by atoms with Crippen LogP contribution in [0.1, 0.15) is 38.1 Å². The normalized spacial score (nSPS) is 11.8. The molecule has 1 aromatic heterocycles. The van der Waals surface area contributed by atoms with Gasteiger partial charge in [-0.25, -0.2) is 14.1 Å². The van der Waals surface area contributed by atoms with E-state index in [1.54, 1.807) is 18.6 Å². The fraction of sp³-hybridized carbons (Fsp3) is 0.400. The SMILES string of the molecule is CC(C)COc1ncc(Oc2cc(F)c(C(=O)NS(=O)(=O)N(C)C(C)C)cc2Cl)cc1Cl. The Labute approximate surface area is 196 Å². The van der Waals surface area contributed by atoms with Gasteiger partial charge in [0.05, 0.1) is 23.4 Å². The molecule has 176 valence electrons. The smallest absolute Gasteiger partial charge is 0.304 e. The summed E-state index contributed by atoms with van der Waals surface area (Å²) in [6, 6.07) is 2.86. The van der Waals surface area contributed by atoms with Crippen LogP contribution >= 0.6 is 23.2 Å². The highest BCUT2D eigenvalue weighted by atomic mass is 35.5. The average molecular weight is 508 g/mol. The molecule has 2 rings (SSSR count). The van der Waals surface area contributed by atoms with E-state index in [9.17, 15) is 17.6 Å². The standard InChI is InChI=1S/C20H24Cl2FN3O5S/c1-11(2)10-30-20-16(22)6-13(9-24-20)31-18-8-17(23)14(7-15(18)21)19(27)25-32(28,29)26(5)12(3)4/h6-9,11-12H,10H2,1-5H3,(H,25,27). The van der Waals surface area contributed by atoms with E-state index in [4.69, 9.17) is 32.7 Å². The second kappa shape index (κ2) is 10.7. The Morgan fingerprint density at radius 1 is 1.19 bits per heavy atom. The number of benzene rings is 1. The van der Waals surface area contributed by atoms with Crippen LogP contribution in [0.3, 0.4) is 0 Å². The van der Waals surface area contributed by atoms with Crippen LogP contribution in [-0.2, 0) is 10.2 Å². The lowest BCUT2D eigenvalue weighted by molar-refractivity contribution is 0.0975. The molecule has 1 N–H and O–H groups in total. The molecule has 32 heavy (non-hydrogen) atoms. The van der Waals surface area contributed by atoms with Crippen LogP contribution in [0.25, 0.3) is 0 Å². The zero-order valence-electron chi connectivity index (χ0n) is 18.1. The zero-order valence-corrected chi connectivity index (χ0v) is 20.5. The van der Waals surface area contributed by atoms with Gasteiger partial charge in [0.2, 0.25) is 5.88 Å². The number of nitrogens with zero attached hydrogens (tertiary/aromatic N) is 2. The van der Waals surface area contributed by atoms with E-state index in [2.05, 4.69) is 4.98 Å². The van der Waals surface area contributed by atoms with Crippen LogP contribution in [0, 0.1) is 11.7 Å². The average Bonchev–Trinajstić information content (AvgIpc) is 2.68. The molecule has 0 spiro atoms. The molecule has 0 aliphatic rings. The van der Waals surface area contributed by atoms with Gasteiger partial charge >= 0.3 is 10.2 Å². The summed E-state index contributed by atoms with van der Waals surface area (Å²) in [4.78, 5) is 16.4. The number of hydrogen-bond donors (Lipinski definition) is 1. The molecule has 0 unspecified atom stereocenters. The van der Waals surface area contributed by atoms with Gasteiger partial charge < -0.3 is 9.47 Å². The summed E-state index contributed by atoms with van der Waals surface area (Å²) >= 11 is 12.3. The predicted octanol–water partition coefficient (Wildman–Crippen LogP) is 4.67. The van der Waals surface area contributed by atoms with Crippen LogP contribution in [0.4, 0.5) is 4.39 Å². The fourth-order valence-corrected chi connectivity index (χ4v) is 3.70. The van der Waals surface area contributed by atoms with Crippen molar-refractivity contribution in [1.29, 1.82) is 0 Å². The second-order valence-corrected chi connectivity index (χ2v) is 10.1. The summed E-state index contributed by atoms with van der Waals surface area (Å²) in [7, 11) is -2.87. The largest absolute Gasteiger partial charge is 0.476 e. The fourth-order valence-electron chi connectivity index (χ4n) is 2.24. The number of aromatic nitrogens is 1. The summed E-state index contributed by atoms with van der Waals surface area (Å²) in [6.07, 6.45) is 1.32. The van der Waals surface area contributed by atoms with Crippen molar-refractivity contribution in [2.75, 3.05) is 13.7 Å². The molecule has 8 nitrogen and oxygen atoms in total. The Bertz CT molecular complexity index is 1100. The monoisotopic (exact) mass is 507 g/mol. The van der Waals surface area contributed by atoms with Gasteiger partial charge in [0, 0.05) is 25.2 Å². The molecule has 0 saturated heterocycles. The molecule has 12 heteroatoms. The van der Waals surface area contributed by atoms with Crippen LogP contribution in [-0.4, -0.2) is 43.3 Å². The van der Waals surface area contributed by atoms with E-state index >= 15 is 0 Å². The molecule has 0 aliphatic heterocycles. The number of ether oxygens (including phenoxy) is 2. The molecule has 2 aromatic rings. The summed E-state index contributed by atoms with van der Waals surface area (Å²) in [5.74, 6) is -1.64. The number of carbonyl (C=O) groups excluding carboxylic acids is 1. The Balaban J connectivity index is 2.21. The molecule has 0 fully saturated rings. The van der Waals surface area contributed by atoms with Gasteiger partial charge in [0.25, 0.3) is 5.91 Å². The third kappa shape index (κ3) is 6.68. The molecule has 1 heterocycles. The minimum atomic E-state index is -4.16. The lowest BCUT2D eigenvalue weighted by atomic mass is 10.2. The number of rotatable bonds is 9. The summed E-state index contributed by atoms with van der Waals surface area (Å²) in [6.45, 7) is 7.62. The summed E-state index contributed by atoms with van der Waals surface area (Å²) in [5.41, 5.74) is -0.559. The number of halogens is 3. The number of carbonyl (C=O) groups is 1. The highest BCUT2D eigenvalue weighted by molar-refractivity contribution is 7.87. The Morgan fingerprint density at radius 3 is 2.41 bits per heavy atom. The molecule has 0 bridgehead atoms. The van der Waals surface area contributed by atoms with E-state index in [0.717, 1.165) is 16.4 Å². The first-order valence-corrected chi connectivity index (χ1v) is 11.8. The zero-order chi connectivity index (χ0) is 24.2. The maximum Gasteiger partial charge on any atom is 0.304 e. The van der Waals surface area contributed by atoms with Crippen molar-refractivity contribution in [3.63, 3.8) is 0 Å². The minimum absolute atomic E-state index is 0.114. The second-order valence-electron chi connectivity index (χ2n) is 7.57. The van der Waals surface area contributed by atoms with Crippen molar-refractivity contribution in [2.45, 2.75) is 33.7 Å². The Hall–Kier alpha value is -2.14. The highest BCUT2D eigenvalue weighted by Crippen LogP contribution is 2.34. The molecule has 1 aromatic carbocycles. The van der Waals surface area contributed by atoms with Gasteiger partial charge in [-0.15, -0.1) is 0 Å². The maximum absolute atomic E-state index is 14.6. The molecule has 0 atom stereocenters. The van der Waals surface area contributed by atoms with Crippen molar-refractivity contribution in [2.24, 2.45) is 5.92 Å². The first-order chi connectivity index (χ1) is 14.8. The molecule has 0 aliphatic carbocycles. The quantitative estimate of drug-likeness (QED) is 0.529. The van der Waals surface area contributed by atoms with Gasteiger partial charge in [-0.05, 0) is 25.8 Å². The number of nitrogens with one attached hydrogen (secondary N) is 1. The third-order valence-corrected chi connectivity index (χ3v) is 6.35. The van der Waals surface area contributed by atoms with E-state index in [1.807, 2.05) is 13.8 Å². The van der Waals surface area contributed by atoms with Gasteiger partial charge in [-0.1, -0.05) is 37.0 Å². The van der Waals surface area contributed by atoms with Crippen molar-refractivity contribution < 1.29 is 27.1 Å². The van der Waals surface area contributed by atoms with Crippen LogP contribution in [0.2, 0.25) is 10.0 Å². The van der Waals surface area contributed by atoms with E-state index < -0.39 is 33.5 Å². The van der Waals surface area contributed by atoms with E-state index in [0.29, 0.717) is 6.61 Å². The molecular weight excluding hydrogens is 484 g/mol. The van der Waals surface area contributed by atoms with E-state index in [-0.39, 0.29) is 33.3 Å². The first kappa shape index (κ1) is 26.1. The van der Waals surface area contributed by atoms with Gasteiger partial charge in [-0.3, -0.25) is 4.79 Å². The molecule has 1 amide bonds. The first-order valence-electron chi connectivity index (χ1n) is 9.57. The van der Waals surface area contributed by atoms with Crippen molar-refractivity contribution in [3.05, 3.63) is 45.8 Å². The highest BCUT2D eigenvalue weighted by Gasteiger charge is 2.26. The van der Waals surface area contributed by atoms with Crippen molar-refractivity contribution in [3.8, 4) is 17.4 Å². The van der Waals surface area contributed by atoms with Crippen molar-refractivity contribution in [1.82, 2.24) is 14.0 Å². The van der Waals surface area contributed by atoms with Gasteiger partial charge in [0.1, 0.15) is 22.3 Å². The van der Waals surface area contributed by atoms with Gasteiger partial charge in [0.15, 0.2) is 0 Å². The molecule has 0 radical (unpaired) electrons. The molecule has 0 saturated carbocycles. The predicted molar refractivity (Wildman–Crippen MR) is 120 cm³/mol.